The third-order valence-electron chi connectivity index (χ3n) is 2.33. The maximum absolute atomic E-state index is 4.22. The lowest BCUT2D eigenvalue weighted by atomic mass is 10.4. The topological polar surface area (TPSA) is 96.7 Å². The van der Waals surface area contributed by atoms with Crippen LogP contribution in [0.4, 0.5) is 5.82 Å². The van der Waals surface area contributed by atoms with E-state index in [0.717, 1.165) is 12.2 Å². The summed E-state index contributed by atoms with van der Waals surface area (Å²) in [5.41, 5.74) is 0.713. The van der Waals surface area contributed by atoms with Gasteiger partial charge in [0.15, 0.2) is 5.82 Å². The molecular weight excluding hydrogens is 220 g/mol. The van der Waals surface area contributed by atoms with E-state index in [1.807, 2.05) is 4.40 Å². The molecule has 0 aliphatic carbocycles. The Morgan fingerprint density at radius 1 is 1.35 bits per heavy atom. The number of fused-ring (bicyclic) bond motifs is 1. The third-order valence-corrected chi connectivity index (χ3v) is 2.33. The molecule has 0 aliphatic rings. The van der Waals surface area contributed by atoms with E-state index in [1.54, 1.807) is 18.7 Å². The standard InChI is InChI=1S/C9H10N8/c1(7-12-5-13-15-7)2-10-8-9-16-14-6-17(9)4-3-11-8/h3-6H,1-2H2,(H,10,11)(H,12,13,15). The summed E-state index contributed by atoms with van der Waals surface area (Å²) in [6, 6.07) is 0. The van der Waals surface area contributed by atoms with Crippen molar-refractivity contribution in [2.45, 2.75) is 6.42 Å². The summed E-state index contributed by atoms with van der Waals surface area (Å²) >= 11 is 0. The maximum Gasteiger partial charge on any atom is 0.203 e. The third kappa shape index (κ3) is 1.92. The first-order valence-corrected chi connectivity index (χ1v) is 5.16. The minimum absolute atomic E-state index is 0.703. The van der Waals surface area contributed by atoms with Gasteiger partial charge in [0, 0.05) is 25.4 Å². The van der Waals surface area contributed by atoms with Gasteiger partial charge in [-0.05, 0) is 0 Å². The van der Waals surface area contributed by atoms with Gasteiger partial charge in [-0.3, -0.25) is 9.50 Å². The summed E-state index contributed by atoms with van der Waals surface area (Å²) in [6.45, 7) is 0.703. The van der Waals surface area contributed by atoms with Crippen molar-refractivity contribution < 1.29 is 0 Å². The van der Waals surface area contributed by atoms with Crippen LogP contribution in [0.15, 0.2) is 25.0 Å². The first kappa shape index (κ1) is 9.70. The van der Waals surface area contributed by atoms with E-state index in [2.05, 4.69) is 35.7 Å². The summed E-state index contributed by atoms with van der Waals surface area (Å²) < 4.78 is 1.81. The van der Waals surface area contributed by atoms with Crippen LogP contribution in [0.25, 0.3) is 5.65 Å². The molecule has 17 heavy (non-hydrogen) atoms. The Morgan fingerprint density at radius 3 is 3.24 bits per heavy atom. The molecule has 8 heteroatoms. The van der Waals surface area contributed by atoms with Crippen LogP contribution in [0, 0.1) is 0 Å². The van der Waals surface area contributed by atoms with Crippen molar-refractivity contribution in [3.8, 4) is 0 Å². The maximum atomic E-state index is 4.22. The Morgan fingerprint density at radius 2 is 2.35 bits per heavy atom. The lowest BCUT2D eigenvalue weighted by Crippen LogP contribution is -2.08. The SMILES string of the molecule is c1n[nH]c(CCNc2nccn3cnnc23)n1. The molecule has 0 amide bonds. The van der Waals surface area contributed by atoms with Crippen molar-refractivity contribution in [2.24, 2.45) is 0 Å². The average Bonchev–Trinajstić information content (AvgIpc) is 2.99. The zero-order valence-electron chi connectivity index (χ0n) is 8.91. The molecule has 86 valence electrons. The highest BCUT2D eigenvalue weighted by Gasteiger charge is 2.04. The second-order valence-electron chi connectivity index (χ2n) is 3.45. The number of nitrogens with one attached hydrogen (secondary N) is 2. The minimum atomic E-state index is 0.703. The number of aromatic amines is 1. The first-order valence-electron chi connectivity index (χ1n) is 5.16. The predicted molar refractivity (Wildman–Crippen MR) is 59.4 cm³/mol. The van der Waals surface area contributed by atoms with Crippen LogP contribution in [0.5, 0.6) is 0 Å². The number of H-pyrrole nitrogens is 1. The molecule has 0 aromatic carbocycles. The van der Waals surface area contributed by atoms with Gasteiger partial charge in [0.25, 0.3) is 0 Å². The van der Waals surface area contributed by atoms with Gasteiger partial charge < -0.3 is 5.32 Å². The molecule has 3 aromatic rings. The van der Waals surface area contributed by atoms with Crippen molar-refractivity contribution in [3.05, 3.63) is 30.9 Å². The van der Waals surface area contributed by atoms with Gasteiger partial charge in [-0.1, -0.05) is 0 Å². The molecule has 0 spiro atoms. The highest BCUT2D eigenvalue weighted by atomic mass is 15.2. The van der Waals surface area contributed by atoms with Crippen LogP contribution in [0.3, 0.4) is 0 Å². The van der Waals surface area contributed by atoms with E-state index in [-0.39, 0.29) is 0 Å². The number of aromatic nitrogens is 7. The predicted octanol–water partition coefficient (Wildman–Crippen LogP) is -0.103. The molecular formula is C9H10N8. The number of hydrogen-bond donors (Lipinski definition) is 2. The van der Waals surface area contributed by atoms with E-state index in [0.29, 0.717) is 18.0 Å². The number of hydrogen-bond acceptors (Lipinski definition) is 6. The molecule has 0 fully saturated rings. The highest BCUT2D eigenvalue weighted by molar-refractivity contribution is 5.61. The normalized spacial score (nSPS) is 10.8. The summed E-state index contributed by atoms with van der Waals surface area (Å²) in [5.74, 6) is 1.55. The van der Waals surface area contributed by atoms with E-state index in [1.165, 1.54) is 6.33 Å². The molecule has 3 rings (SSSR count). The molecule has 0 atom stereocenters. The molecule has 3 heterocycles. The summed E-state index contributed by atoms with van der Waals surface area (Å²) in [4.78, 5) is 8.26. The number of anilines is 1. The van der Waals surface area contributed by atoms with Gasteiger partial charge >= 0.3 is 0 Å². The van der Waals surface area contributed by atoms with Gasteiger partial charge in [-0.2, -0.15) is 5.10 Å². The van der Waals surface area contributed by atoms with Gasteiger partial charge in [0.2, 0.25) is 5.65 Å². The van der Waals surface area contributed by atoms with Gasteiger partial charge in [-0.15, -0.1) is 10.2 Å². The summed E-state index contributed by atoms with van der Waals surface area (Å²) in [5, 5.41) is 17.6. The van der Waals surface area contributed by atoms with E-state index < -0.39 is 0 Å². The van der Waals surface area contributed by atoms with Crippen LogP contribution in [0.2, 0.25) is 0 Å². The van der Waals surface area contributed by atoms with Crippen molar-refractivity contribution in [3.63, 3.8) is 0 Å². The van der Waals surface area contributed by atoms with E-state index >= 15 is 0 Å². The lowest BCUT2D eigenvalue weighted by molar-refractivity contribution is 0.896. The molecule has 2 N–H and O–H groups in total. The van der Waals surface area contributed by atoms with Crippen LogP contribution >= 0.6 is 0 Å². The van der Waals surface area contributed by atoms with E-state index in [4.69, 9.17) is 0 Å². The summed E-state index contributed by atoms with van der Waals surface area (Å²) in [7, 11) is 0. The summed E-state index contributed by atoms with van der Waals surface area (Å²) in [6.07, 6.45) is 7.38. The van der Waals surface area contributed by atoms with Crippen LogP contribution < -0.4 is 5.32 Å². The molecule has 8 nitrogen and oxygen atoms in total. The Hall–Kier alpha value is -2.51. The fraction of sp³-hybridized carbons (Fsp3) is 0.222. The fourth-order valence-corrected chi connectivity index (χ4v) is 1.53. The molecule has 0 unspecified atom stereocenters. The monoisotopic (exact) mass is 230 g/mol. The van der Waals surface area contributed by atoms with Crippen LogP contribution in [-0.4, -0.2) is 41.3 Å². The first-order chi connectivity index (χ1) is 8.43. The second kappa shape index (κ2) is 4.16. The average molecular weight is 230 g/mol. The second-order valence-corrected chi connectivity index (χ2v) is 3.45. The van der Waals surface area contributed by atoms with E-state index in [9.17, 15) is 0 Å². The van der Waals surface area contributed by atoms with Crippen molar-refractivity contribution in [2.75, 3.05) is 11.9 Å². The zero-order valence-corrected chi connectivity index (χ0v) is 8.91. The van der Waals surface area contributed by atoms with Crippen LogP contribution in [-0.2, 0) is 6.42 Å². The Labute approximate surface area is 96.1 Å². The van der Waals surface area contributed by atoms with Crippen LogP contribution in [0.1, 0.15) is 5.82 Å². The lowest BCUT2D eigenvalue weighted by Gasteiger charge is -2.04. The van der Waals surface area contributed by atoms with Gasteiger partial charge in [0.05, 0.1) is 0 Å². The quantitative estimate of drug-likeness (QED) is 0.649. The number of rotatable bonds is 4. The molecule has 0 saturated heterocycles. The highest BCUT2D eigenvalue weighted by Crippen LogP contribution is 2.09. The Kier molecular flexibility index (Phi) is 2.37. The zero-order chi connectivity index (χ0) is 11.5. The smallest absolute Gasteiger partial charge is 0.203 e. The molecule has 0 radical (unpaired) electrons. The fourth-order valence-electron chi connectivity index (χ4n) is 1.53. The Bertz CT molecular complexity index is 598. The molecule has 0 aliphatic heterocycles. The largest absolute Gasteiger partial charge is 0.366 e. The van der Waals surface area contributed by atoms with Gasteiger partial charge in [0.1, 0.15) is 18.5 Å². The van der Waals surface area contributed by atoms with Crippen molar-refractivity contribution >= 4 is 11.5 Å². The number of nitrogens with zero attached hydrogens (tertiary/aromatic N) is 6. The Balaban J connectivity index is 1.70. The van der Waals surface area contributed by atoms with Crippen molar-refractivity contribution in [1.82, 2.24) is 34.8 Å². The minimum Gasteiger partial charge on any atom is -0.366 e. The molecule has 0 bridgehead atoms. The molecule has 3 aromatic heterocycles. The molecule has 0 saturated carbocycles. The van der Waals surface area contributed by atoms with Crippen molar-refractivity contribution in [1.29, 1.82) is 0 Å². The van der Waals surface area contributed by atoms with Gasteiger partial charge in [-0.25, -0.2) is 9.97 Å².